The van der Waals surface area contributed by atoms with Crippen LogP contribution in [0.5, 0.6) is 0 Å². The molecule has 0 spiro atoms. The van der Waals surface area contributed by atoms with E-state index in [2.05, 4.69) is 41.3 Å². The predicted molar refractivity (Wildman–Crippen MR) is 63.3 cm³/mol. The maximum Gasteiger partial charge on any atom is 0.128 e. The average molecular weight is 205 g/mol. The number of likely N-dealkylation sites (N-methyl/N-ethyl adjacent to an activating group) is 1. The number of aryl methyl sites for hydroxylation is 1. The van der Waals surface area contributed by atoms with E-state index < -0.39 is 0 Å². The summed E-state index contributed by atoms with van der Waals surface area (Å²) in [7, 11) is 2.11. The van der Waals surface area contributed by atoms with E-state index in [1.165, 1.54) is 24.9 Å². The van der Waals surface area contributed by atoms with Crippen LogP contribution in [0.2, 0.25) is 0 Å². The molecule has 1 aromatic heterocycles. The van der Waals surface area contributed by atoms with Crippen molar-refractivity contribution in [3.63, 3.8) is 0 Å². The van der Waals surface area contributed by atoms with Crippen molar-refractivity contribution in [3.8, 4) is 0 Å². The molecular formula is C12H19N3. The van der Waals surface area contributed by atoms with Gasteiger partial charge in [-0.05, 0) is 37.9 Å². The summed E-state index contributed by atoms with van der Waals surface area (Å²) in [6.45, 7) is 4.28. The molecule has 2 rings (SSSR count). The highest BCUT2D eigenvalue weighted by Crippen LogP contribution is 2.12. The van der Waals surface area contributed by atoms with E-state index >= 15 is 0 Å². The highest BCUT2D eigenvalue weighted by Gasteiger charge is 2.16. The zero-order valence-corrected chi connectivity index (χ0v) is 9.53. The summed E-state index contributed by atoms with van der Waals surface area (Å²) in [5, 5.41) is 3.50. The molecule has 0 bridgehead atoms. The predicted octanol–water partition coefficient (Wildman–Crippen LogP) is 1.58. The average Bonchev–Trinajstić information content (AvgIpc) is 2.71. The van der Waals surface area contributed by atoms with Gasteiger partial charge in [0.15, 0.2) is 0 Å². The molecule has 1 saturated heterocycles. The molecule has 0 aromatic carbocycles. The van der Waals surface area contributed by atoms with Crippen LogP contribution in [0, 0.1) is 6.92 Å². The van der Waals surface area contributed by atoms with Gasteiger partial charge in [0, 0.05) is 25.8 Å². The molecule has 82 valence electrons. The maximum atomic E-state index is 4.42. The minimum absolute atomic E-state index is 0.637. The molecule has 0 amide bonds. The summed E-state index contributed by atoms with van der Waals surface area (Å²) in [6, 6.07) is 4.84. The Balaban J connectivity index is 1.94. The van der Waals surface area contributed by atoms with Crippen molar-refractivity contribution in [1.82, 2.24) is 10.3 Å². The van der Waals surface area contributed by atoms with Gasteiger partial charge in [0.2, 0.25) is 0 Å². The van der Waals surface area contributed by atoms with Crippen molar-refractivity contribution in [2.24, 2.45) is 0 Å². The molecule has 1 N–H and O–H groups in total. The highest BCUT2D eigenvalue weighted by molar-refractivity contribution is 5.38. The molecule has 15 heavy (non-hydrogen) atoms. The molecule has 1 aliphatic rings. The van der Waals surface area contributed by atoms with Gasteiger partial charge in [-0.25, -0.2) is 4.98 Å². The minimum atomic E-state index is 0.637. The van der Waals surface area contributed by atoms with E-state index in [9.17, 15) is 0 Å². The largest absolute Gasteiger partial charge is 0.358 e. The van der Waals surface area contributed by atoms with Crippen LogP contribution >= 0.6 is 0 Å². The zero-order chi connectivity index (χ0) is 10.7. The fourth-order valence-electron chi connectivity index (χ4n) is 2.02. The first-order valence-corrected chi connectivity index (χ1v) is 5.63. The summed E-state index contributed by atoms with van der Waals surface area (Å²) in [6.07, 6.45) is 4.52. The Kier molecular flexibility index (Phi) is 3.21. The monoisotopic (exact) mass is 205 g/mol. The van der Waals surface area contributed by atoms with Gasteiger partial charge < -0.3 is 10.2 Å². The van der Waals surface area contributed by atoms with Crippen molar-refractivity contribution in [3.05, 3.63) is 23.9 Å². The van der Waals surface area contributed by atoms with E-state index in [1.807, 2.05) is 6.20 Å². The van der Waals surface area contributed by atoms with E-state index in [0.29, 0.717) is 6.04 Å². The molecule has 0 unspecified atom stereocenters. The molecule has 3 heteroatoms. The Morgan fingerprint density at radius 1 is 1.53 bits per heavy atom. The molecule has 2 heterocycles. The fraction of sp³-hybridized carbons (Fsp3) is 0.583. The molecule has 0 aliphatic carbocycles. The Morgan fingerprint density at radius 2 is 2.40 bits per heavy atom. The van der Waals surface area contributed by atoms with E-state index in [-0.39, 0.29) is 0 Å². The molecule has 1 aliphatic heterocycles. The number of rotatable bonds is 3. The molecule has 0 saturated carbocycles. The number of anilines is 1. The first-order chi connectivity index (χ1) is 7.25. The van der Waals surface area contributed by atoms with Crippen molar-refractivity contribution in [1.29, 1.82) is 0 Å². The second kappa shape index (κ2) is 4.62. The number of pyridine rings is 1. The molecule has 0 radical (unpaired) electrons. The third-order valence-corrected chi connectivity index (χ3v) is 2.94. The lowest BCUT2D eigenvalue weighted by atomic mass is 10.2. The smallest absolute Gasteiger partial charge is 0.128 e. The quantitative estimate of drug-likeness (QED) is 0.812. The lowest BCUT2D eigenvalue weighted by Gasteiger charge is -2.22. The highest BCUT2D eigenvalue weighted by atomic mass is 15.2. The second-order valence-corrected chi connectivity index (χ2v) is 4.37. The van der Waals surface area contributed by atoms with Crippen LogP contribution in [0.15, 0.2) is 18.3 Å². The Morgan fingerprint density at radius 3 is 3.00 bits per heavy atom. The van der Waals surface area contributed by atoms with Gasteiger partial charge >= 0.3 is 0 Å². The zero-order valence-electron chi connectivity index (χ0n) is 9.53. The van der Waals surface area contributed by atoms with Gasteiger partial charge in [0.05, 0.1) is 0 Å². The van der Waals surface area contributed by atoms with Gasteiger partial charge in [-0.15, -0.1) is 0 Å². The van der Waals surface area contributed by atoms with Gasteiger partial charge in [-0.3, -0.25) is 0 Å². The van der Waals surface area contributed by atoms with Crippen LogP contribution in [0.3, 0.4) is 0 Å². The minimum Gasteiger partial charge on any atom is -0.358 e. The number of nitrogens with zero attached hydrogens (tertiary/aromatic N) is 2. The van der Waals surface area contributed by atoms with Crippen LogP contribution in [0.25, 0.3) is 0 Å². The van der Waals surface area contributed by atoms with Crippen molar-refractivity contribution in [2.75, 3.05) is 25.0 Å². The summed E-state index contributed by atoms with van der Waals surface area (Å²) >= 11 is 0. The lowest BCUT2D eigenvalue weighted by molar-refractivity contribution is 0.597. The number of aromatic nitrogens is 1. The van der Waals surface area contributed by atoms with E-state index in [4.69, 9.17) is 0 Å². The molecular weight excluding hydrogens is 186 g/mol. The van der Waals surface area contributed by atoms with E-state index in [1.54, 1.807) is 0 Å². The first kappa shape index (κ1) is 10.4. The van der Waals surface area contributed by atoms with Crippen LogP contribution in [0.1, 0.15) is 18.4 Å². The second-order valence-electron chi connectivity index (χ2n) is 4.37. The first-order valence-electron chi connectivity index (χ1n) is 5.63. The summed E-state index contributed by atoms with van der Waals surface area (Å²) in [4.78, 5) is 6.64. The molecule has 3 nitrogen and oxygen atoms in total. The van der Waals surface area contributed by atoms with Gasteiger partial charge in [0.25, 0.3) is 0 Å². The SMILES string of the molecule is Cc1ccc(N(C)C[C@@H]2CCCN2)nc1. The normalized spacial score (nSPS) is 20.5. The van der Waals surface area contributed by atoms with E-state index in [0.717, 1.165) is 12.4 Å². The Labute approximate surface area is 91.5 Å². The van der Waals surface area contributed by atoms with Crippen LogP contribution in [0.4, 0.5) is 5.82 Å². The third-order valence-electron chi connectivity index (χ3n) is 2.94. The fourth-order valence-corrected chi connectivity index (χ4v) is 2.02. The van der Waals surface area contributed by atoms with Gasteiger partial charge in [-0.2, -0.15) is 0 Å². The Hall–Kier alpha value is -1.09. The standard InChI is InChI=1S/C12H19N3/c1-10-5-6-12(14-8-10)15(2)9-11-4-3-7-13-11/h5-6,8,11,13H,3-4,7,9H2,1-2H3/t11-/m0/s1. The molecule has 1 fully saturated rings. The Bertz CT molecular complexity index is 301. The maximum absolute atomic E-state index is 4.42. The van der Waals surface area contributed by atoms with Crippen LogP contribution in [-0.4, -0.2) is 31.2 Å². The molecule has 1 aromatic rings. The van der Waals surface area contributed by atoms with Crippen LogP contribution < -0.4 is 10.2 Å². The number of hydrogen-bond donors (Lipinski definition) is 1. The van der Waals surface area contributed by atoms with Crippen molar-refractivity contribution in [2.45, 2.75) is 25.8 Å². The summed E-state index contributed by atoms with van der Waals surface area (Å²) in [5.74, 6) is 1.06. The third kappa shape index (κ3) is 2.69. The number of hydrogen-bond acceptors (Lipinski definition) is 3. The van der Waals surface area contributed by atoms with Crippen molar-refractivity contribution < 1.29 is 0 Å². The number of nitrogens with one attached hydrogen (secondary N) is 1. The lowest BCUT2D eigenvalue weighted by Crippen LogP contribution is -2.35. The topological polar surface area (TPSA) is 28.2 Å². The molecule has 1 atom stereocenters. The van der Waals surface area contributed by atoms with Crippen molar-refractivity contribution >= 4 is 5.82 Å². The van der Waals surface area contributed by atoms with Gasteiger partial charge in [-0.1, -0.05) is 6.07 Å². The summed E-state index contributed by atoms with van der Waals surface area (Å²) < 4.78 is 0. The summed E-state index contributed by atoms with van der Waals surface area (Å²) in [5.41, 5.74) is 1.21. The van der Waals surface area contributed by atoms with Crippen LogP contribution in [-0.2, 0) is 0 Å². The van der Waals surface area contributed by atoms with Gasteiger partial charge in [0.1, 0.15) is 5.82 Å².